The first-order valence-electron chi connectivity index (χ1n) is 7.59. The van der Waals surface area contributed by atoms with Gasteiger partial charge < -0.3 is 11.1 Å². The summed E-state index contributed by atoms with van der Waals surface area (Å²) in [6.45, 7) is 3.71. The summed E-state index contributed by atoms with van der Waals surface area (Å²) in [4.78, 5) is 11.6. The number of carbonyl (C=O) groups excluding carboxylic acids is 1. The molecule has 2 unspecified atom stereocenters. The topological polar surface area (TPSA) is 101 Å². The van der Waals surface area contributed by atoms with Crippen molar-refractivity contribution in [3.05, 3.63) is 30.1 Å². The summed E-state index contributed by atoms with van der Waals surface area (Å²) in [6, 6.07) is 3.76. The molecule has 1 rings (SSSR count). The molecule has 1 aromatic carbocycles. The number of nitrogens with one attached hydrogen (secondary N) is 2. The van der Waals surface area contributed by atoms with Gasteiger partial charge in [0.2, 0.25) is 15.9 Å². The van der Waals surface area contributed by atoms with Crippen molar-refractivity contribution in [3.63, 3.8) is 0 Å². The summed E-state index contributed by atoms with van der Waals surface area (Å²) >= 11 is 0. The van der Waals surface area contributed by atoms with Crippen molar-refractivity contribution in [2.75, 3.05) is 6.54 Å². The number of halogens is 2. The first-order valence-corrected chi connectivity index (χ1v) is 9.07. The van der Waals surface area contributed by atoms with Crippen LogP contribution in [0.1, 0.15) is 33.1 Å². The van der Waals surface area contributed by atoms with Gasteiger partial charge in [-0.15, -0.1) is 12.4 Å². The van der Waals surface area contributed by atoms with Crippen LogP contribution >= 0.6 is 12.4 Å². The third-order valence-electron chi connectivity index (χ3n) is 3.39. The number of hydrogen-bond donors (Lipinski definition) is 3. The highest BCUT2D eigenvalue weighted by atomic mass is 35.5. The molecule has 0 fully saturated rings. The molecule has 24 heavy (non-hydrogen) atoms. The molecule has 0 aliphatic heterocycles. The van der Waals surface area contributed by atoms with E-state index < -0.39 is 32.7 Å². The maximum Gasteiger partial charge on any atom is 0.244 e. The first-order chi connectivity index (χ1) is 10.8. The molecule has 0 aliphatic rings. The van der Waals surface area contributed by atoms with Crippen molar-refractivity contribution >= 4 is 28.3 Å². The van der Waals surface area contributed by atoms with Crippen LogP contribution in [0.15, 0.2) is 29.2 Å². The smallest absolute Gasteiger partial charge is 0.244 e. The molecule has 0 aliphatic carbocycles. The zero-order valence-electron chi connectivity index (χ0n) is 13.8. The molecule has 2 atom stereocenters. The van der Waals surface area contributed by atoms with E-state index in [4.69, 9.17) is 5.73 Å². The van der Waals surface area contributed by atoms with E-state index in [2.05, 4.69) is 10.0 Å². The van der Waals surface area contributed by atoms with E-state index in [0.29, 0.717) is 0 Å². The molecule has 9 heteroatoms. The van der Waals surface area contributed by atoms with Gasteiger partial charge in [-0.2, -0.15) is 4.72 Å². The molecule has 0 spiro atoms. The maximum atomic E-state index is 13.6. The Morgan fingerprint density at radius 2 is 1.96 bits per heavy atom. The van der Waals surface area contributed by atoms with Gasteiger partial charge in [0.25, 0.3) is 0 Å². The third kappa shape index (κ3) is 6.72. The Bertz CT molecular complexity index is 628. The van der Waals surface area contributed by atoms with Crippen LogP contribution in [0.25, 0.3) is 0 Å². The molecular formula is C15H25ClFN3O3S. The van der Waals surface area contributed by atoms with Gasteiger partial charge in [-0.3, -0.25) is 4.79 Å². The minimum absolute atomic E-state index is 0. The Morgan fingerprint density at radius 1 is 1.33 bits per heavy atom. The van der Waals surface area contributed by atoms with Crippen molar-refractivity contribution in [2.24, 2.45) is 5.73 Å². The largest absolute Gasteiger partial charge is 0.351 e. The summed E-state index contributed by atoms with van der Waals surface area (Å²) < 4.78 is 40.1. The maximum absolute atomic E-state index is 13.6. The number of hydrogen-bond acceptors (Lipinski definition) is 4. The number of rotatable bonds is 9. The normalized spacial score (nSPS) is 13.7. The van der Waals surface area contributed by atoms with Gasteiger partial charge in [-0.05, 0) is 25.5 Å². The minimum atomic E-state index is -4.11. The fraction of sp³-hybridized carbons (Fsp3) is 0.533. The Morgan fingerprint density at radius 3 is 2.50 bits per heavy atom. The van der Waals surface area contributed by atoms with Crippen molar-refractivity contribution in [3.8, 4) is 0 Å². The number of sulfonamides is 1. The lowest BCUT2D eigenvalue weighted by molar-refractivity contribution is -0.123. The van der Waals surface area contributed by atoms with Crippen LogP contribution in [-0.2, 0) is 14.8 Å². The predicted octanol–water partition coefficient (Wildman–Crippen LogP) is 1.55. The predicted molar refractivity (Wildman–Crippen MR) is 93.9 cm³/mol. The Labute approximate surface area is 148 Å². The number of benzene rings is 1. The Balaban J connectivity index is 0.00000529. The van der Waals surface area contributed by atoms with Crippen LogP contribution in [0.4, 0.5) is 4.39 Å². The lowest BCUT2D eigenvalue weighted by Gasteiger charge is -2.20. The van der Waals surface area contributed by atoms with Crippen LogP contribution in [0.5, 0.6) is 0 Å². The average molecular weight is 382 g/mol. The van der Waals surface area contributed by atoms with Crippen molar-refractivity contribution in [1.82, 2.24) is 10.0 Å². The van der Waals surface area contributed by atoms with E-state index in [1.807, 2.05) is 6.92 Å². The van der Waals surface area contributed by atoms with Gasteiger partial charge in [0, 0.05) is 12.6 Å². The van der Waals surface area contributed by atoms with E-state index in [-0.39, 0.29) is 25.0 Å². The Hall–Kier alpha value is -1.22. The molecule has 138 valence electrons. The van der Waals surface area contributed by atoms with Crippen molar-refractivity contribution in [1.29, 1.82) is 0 Å². The molecule has 0 heterocycles. The molecule has 0 saturated carbocycles. The van der Waals surface area contributed by atoms with E-state index >= 15 is 0 Å². The number of nitrogens with two attached hydrogens (primary N) is 1. The quantitative estimate of drug-likeness (QED) is 0.604. The van der Waals surface area contributed by atoms with Crippen molar-refractivity contribution < 1.29 is 17.6 Å². The highest BCUT2D eigenvalue weighted by Crippen LogP contribution is 2.13. The summed E-state index contributed by atoms with van der Waals surface area (Å²) in [5.41, 5.74) is 5.60. The lowest BCUT2D eigenvalue weighted by Crippen LogP contribution is -2.50. The standard InChI is InChI=1S/C15H24FN3O3S.ClH/c1-3-4-7-12(10-17)18-15(20)11(2)19-23(21,22)14-9-6-5-8-13(14)16;/h5-6,8-9,11-12,19H,3-4,7,10,17H2,1-2H3,(H,18,20);1H. The molecule has 0 aromatic heterocycles. The minimum Gasteiger partial charge on any atom is -0.351 e. The van der Waals surface area contributed by atoms with E-state index in [9.17, 15) is 17.6 Å². The molecule has 0 bridgehead atoms. The van der Waals surface area contributed by atoms with E-state index in [0.717, 1.165) is 31.4 Å². The summed E-state index contributed by atoms with van der Waals surface area (Å²) in [5, 5.41) is 2.71. The van der Waals surface area contributed by atoms with Crippen LogP contribution in [0.2, 0.25) is 0 Å². The van der Waals surface area contributed by atoms with E-state index in [1.165, 1.54) is 19.1 Å². The summed E-state index contributed by atoms with van der Waals surface area (Å²) in [7, 11) is -4.11. The summed E-state index contributed by atoms with van der Waals surface area (Å²) in [6.07, 6.45) is 2.62. The van der Waals surface area contributed by atoms with Gasteiger partial charge in [-0.25, -0.2) is 12.8 Å². The fourth-order valence-corrected chi connectivity index (χ4v) is 3.32. The van der Waals surface area contributed by atoms with Crippen molar-refractivity contribution in [2.45, 2.75) is 50.1 Å². The zero-order valence-corrected chi connectivity index (χ0v) is 15.4. The molecule has 1 aromatic rings. The molecular weight excluding hydrogens is 357 g/mol. The highest BCUT2D eigenvalue weighted by Gasteiger charge is 2.25. The third-order valence-corrected chi connectivity index (χ3v) is 4.96. The van der Waals surface area contributed by atoms with Crippen LogP contribution in [0.3, 0.4) is 0 Å². The zero-order chi connectivity index (χ0) is 17.5. The molecule has 1 amide bonds. The average Bonchev–Trinajstić information content (AvgIpc) is 2.50. The summed E-state index contributed by atoms with van der Waals surface area (Å²) in [5.74, 6) is -1.35. The molecule has 4 N–H and O–H groups in total. The van der Waals surface area contributed by atoms with Gasteiger partial charge in [-0.1, -0.05) is 31.9 Å². The second-order valence-electron chi connectivity index (χ2n) is 5.36. The number of unbranched alkanes of at least 4 members (excludes halogenated alkanes) is 1. The molecule has 6 nitrogen and oxygen atoms in total. The molecule has 0 saturated heterocycles. The first kappa shape index (κ1) is 22.8. The number of carbonyl (C=O) groups is 1. The molecule has 0 radical (unpaired) electrons. The SMILES string of the molecule is CCCCC(CN)NC(=O)C(C)NS(=O)(=O)c1ccccc1F.Cl. The van der Waals surface area contributed by atoms with Crippen LogP contribution < -0.4 is 15.8 Å². The monoisotopic (exact) mass is 381 g/mol. The van der Waals surface area contributed by atoms with Crippen LogP contribution in [0, 0.1) is 5.82 Å². The van der Waals surface area contributed by atoms with E-state index in [1.54, 1.807) is 0 Å². The van der Waals surface area contributed by atoms with Gasteiger partial charge in [0.15, 0.2) is 0 Å². The Kier molecular flexibility index (Phi) is 10.1. The van der Waals surface area contributed by atoms with Crippen LogP contribution in [-0.4, -0.2) is 33.0 Å². The highest BCUT2D eigenvalue weighted by molar-refractivity contribution is 7.89. The lowest BCUT2D eigenvalue weighted by atomic mass is 10.1. The second kappa shape index (κ2) is 10.6. The van der Waals surface area contributed by atoms with Gasteiger partial charge in [0.05, 0.1) is 6.04 Å². The number of amides is 1. The fourth-order valence-electron chi connectivity index (χ4n) is 2.04. The van der Waals surface area contributed by atoms with Gasteiger partial charge in [0.1, 0.15) is 10.7 Å². The van der Waals surface area contributed by atoms with Gasteiger partial charge >= 0.3 is 0 Å². The second-order valence-corrected chi connectivity index (χ2v) is 7.04.